The average molecular weight is 554 g/mol. The maximum atomic E-state index is 13.7. The predicted octanol–water partition coefficient (Wildman–Crippen LogP) is 1.39. The van der Waals surface area contributed by atoms with Crippen molar-refractivity contribution in [3.8, 4) is 11.3 Å². The Bertz CT molecular complexity index is 1220. The van der Waals surface area contributed by atoms with Gasteiger partial charge in [-0.25, -0.2) is 4.98 Å². The van der Waals surface area contributed by atoms with Crippen molar-refractivity contribution in [3.05, 3.63) is 35.2 Å². The molecule has 1 aromatic carbocycles. The lowest BCUT2D eigenvalue weighted by molar-refractivity contribution is -0.139. The van der Waals surface area contributed by atoms with Gasteiger partial charge in [-0.15, -0.1) is 11.3 Å². The van der Waals surface area contributed by atoms with Crippen molar-refractivity contribution in [1.82, 2.24) is 20.1 Å². The number of aliphatic hydroxyl groups excluding tert-OH is 1. The molecule has 6 rings (SSSR count). The number of Topliss-reactive ketones (excluding diaryl/α,β-unsaturated/α-hetero) is 1. The summed E-state index contributed by atoms with van der Waals surface area (Å²) in [6, 6.07) is 5.78. The number of carbonyl (C=O) groups excluding carboxylic acids is 3. The van der Waals surface area contributed by atoms with Crippen molar-refractivity contribution >= 4 is 34.1 Å². The highest BCUT2D eigenvalue weighted by atomic mass is 32.1. The third kappa shape index (κ3) is 5.20. The fourth-order valence-corrected chi connectivity index (χ4v) is 7.15. The van der Waals surface area contributed by atoms with Crippen LogP contribution in [0.5, 0.6) is 0 Å². The van der Waals surface area contributed by atoms with E-state index in [0.717, 1.165) is 68.3 Å². The Morgan fingerprint density at radius 1 is 1.13 bits per heavy atom. The van der Waals surface area contributed by atoms with Crippen molar-refractivity contribution in [1.29, 1.82) is 0 Å². The topological polar surface area (TPSA) is 115 Å². The number of ketones is 1. The lowest BCUT2D eigenvalue weighted by Crippen LogP contribution is -2.54. The number of nitrogens with one attached hydrogen (secondary N) is 1. The normalized spacial score (nSPS) is 26.7. The van der Waals surface area contributed by atoms with E-state index in [4.69, 9.17) is 9.72 Å². The maximum Gasteiger partial charge on any atom is 0.251 e. The minimum Gasteiger partial charge on any atom is -0.388 e. The fraction of sp³-hybridized carbons (Fsp3) is 0.571. The standard InChI is InChI=1S/C28H35N5O5S/c1-31-10-12-32(13-11-31)28-29-20(16-39-28)17-6-8-19(9-7-17)26(36)30-23(18-4-2-3-5-18)27(37)33-14-21(34)25-24(33)22(35)15-38-25/h6-9,16,18,21,23-25,34H,2-5,10-15H2,1H3,(H,30,36)/t21-,23+,24-,25-/m1/s1. The van der Waals surface area contributed by atoms with Gasteiger partial charge in [0.2, 0.25) is 5.91 Å². The Hall–Kier alpha value is -2.86. The molecule has 0 radical (unpaired) electrons. The summed E-state index contributed by atoms with van der Waals surface area (Å²) >= 11 is 1.63. The van der Waals surface area contributed by atoms with Gasteiger partial charge in [-0.2, -0.15) is 0 Å². The number of nitrogens with zero attached hydrogens (tertiary/aromatic N) is 4. The van der Waals surface area contributed by atoms with Gasteiger partial charge in [0.1, 0.15) is 30.9 Å². The lowest BCUT2D eigenvalue weighted by atomic mass is 9.95. The van der Waals surface area contributed by atoms with Gasteiger partial charge in [0.25, 0.3) is 5.91 Å². The zero-order chi connectivity index (χ0) is 27.1. The summed E-state index contributed by atoms with van der Waals surface area (Å²) in [5, 5.41) is 16.4. The molecule has 2 N–H and O–H groups in total. The van der Waals surface area contributed by atoms with Crippen molar-refractivity contribution in [2.45, 2.75) is 50.0 Å². The Kier molecular flexibility index (Phi) is 7.41. The van der Waals surface area contributed by atoms with Gasteiger partial charge in [0.05, 0.1) is 12.2 Å². The van der Waals surface area contributed by atoms with E-state index < -0.39 is 24.3 Å². The first-order valence-electron chi connectivity index (χ1n) is 13.8. The SMILES string of the molecule is CN1CCN(c2nc(-c3ccc(C(=O)N[C@H](C(=O)N4C[C@@H](O)[C@H]5OCC(=O)[C@H]54)C4CCCC4)cc3)cs2)CC1. The molecule has 4 fully saturated rings. The number of hydrogen-bond acceptors (Lipinski definition) is 9. The number of amides is 2. The molecular weight excluding hydrogens is 518 g/mol. The molecule has 208 valence electrons. The second-order valence-electron chi connectivity index (χ2n) is 11.1. The number of likely N-dealkylation sites (tertiary alicyclic amines) is 1. The molecule has 1 aromatic heterocycles. The van der Waals surface area contributed by atoms with Crippen LogP contribution < -0.4 is 10.2 Å². The number of fused-ring (bicyclic) bond motifs is 1. The van der Waals surface area contributed by atoms with Gasteiger partial charge >= 0.3 is 0 Å². The molecule has 11 heteroatoms. The number of piperazine rings is 1. The van der Waals surface area contributed by atoms with Gasteiger partial charge in [-0.1, -0.05) is 25.0 Å². The van der Waals surface area contributed by atoms with Crippen LogP contribution in [0.2, 0.25) is 0 Å². The number of hydrogen-bond donors (Lipinski definition) is 2. The van der Waals surface area contributed by atoms with Crippen molar-refractivity contribution in [2.75, 3.05) is 51.3 Å². The number of ether oxygens (including phenoxy) is 1. The van der Waals surface area contributed by atoms with Crippen LogP contribution in [-0.4, -0.2) is 108 Å². The summed E-state index contributed by atoms with van der Waals surface area (Å²) in [7, 11) is 2.13. The number of anilines is 1. The molecule has 1 aliphatic carbocycles. The first kappa shape index (κ1) is 26.4. The number of rotatable bonds is 6. The largest absolute Gasteiger partial charge is 0.388 e. The van der Waals surface area contributed by atoms with E-state index in [2.05, 4.69) is 22.2 Å². The third-order valence-corrected chi connectivity index (χ3v) is 9.47. The molecular formula is C28H35N5O5S. The molecule has 2 aromatic rings. The molecule has 0 bridgehead atoms. The first-order chi connectivity index (χ1) is 18.9. The van der Waals surface area contributed by atoms with E-state index in [1.165, 1.54) is 4.90 Å². The zero-order valence-electron chi connectivity index (χ0n) is 22.1. The number of thiazole rings is 1. The van der Waals surface area contributed by atoms with Gasteiger partial charge in [-0.05, 0) is 37.9 Å². The molecule has 0 unspecified atom stereocenters. The van der Waals surface area contributed by atoms with Crippen LogP contribution in [0.1, 0.15) is 36.0 Å². The number of aromatic nitrogens is 1. The minimum atomic E-state index is -0.902. The summed E-state index contributed by atoms with van der Waals surface area (Å²) in [5.74, 6) is -0.836. The molecule has 3 saturated heterocycles. The lowest BCUT2D eigenvalue weighted by Gasteiger charge is -2.32. The van der Waals surface area contributed by atoms with Crippen LogP contribution in [0.15, 0.2) is 29.6 Å². The first-order valence-corrected chi connectivity index (χ1v) is 14.7. The summed E-state index contributed by atoms with van der Waals surface area (Å²) in [6.07, 6.45) is 2.09. The highest BCUT2D eigenvalue weighted by molar-refractivity contribution is 7.14. The smallest absolute Gasteiger partial charge is 0.251 e. The average Bonchev–Trinajstić information content (AvgIpc) is 3.75. The van der Waals surface area contributed by atoms with Crippen LogP contribution in [0.4, 0.5) is 5.13 Å². The quantitative estimate of drug-likeness (QED) is 0.552. The van der Waals surface area contributed by atoms with Crippen LogP contribution in [0.3, 0.4) is 0 Å². The predicted molar refractivity (Wildman–Crippen MR) is 147 cm³/mol. The summed E-state index contributed by atoms with van der Waals surface area (Å²) in [5.41, 5.74) is 2.28. The monoisotopic (exact) mass is 553 g/mol. The van der Waals surface area contributed by atoms with Crippen molar-refractivity contribution < 1.29 is 24.2 Å². The Morgan fingerprint density at radius 3 is 2.56 bits per heavy atom. The molecule has 10 nitrogen and oxygen atoms in total. The molecule has 0 spiro atoms. The number of likely N-dealkylation sites (N-methyl/N-ethyl adjacent to an activating group) is 1. The molecule has 39 heavy (non-hydrogen) atoms. The summed E-state index contributed by atoms with van der Waals surface area (Å²) in [4.78, 5) is 50.3. The Morgan fingerprint density at radius 2 is 1.85 bits per heavy atom. The van der Waals surface area contributed by atoms with E-state index in [-0.39, 0.29) is 36.7 Å². The van der Waals surface area contributed by atoms with Crippen LogP contribution in [0, 0.1) is 5.92 Å². The van der Waals surface area contributed by atoms with Gasteiger partial charge < -0.3 is 29.9 Å². The summed E-state index contributed by atoms with van der Waals surface area (Å²) in [6.45, 7) is 3.90. The summed E-state index contributed by atoms with van der Waals surface area (Å²) < 4.78 is 5.44. The van der Waals surface area contributed by atoms with E-state index in [1.807, 2.05) is 17.5 Å². The molecule has 1 saturated carbocycles. The fourth-order valence-electron chi connectivity index (χ4n) is 6.26. The zero-order valence-corrected chi connectivity index (χ0v) is 22.9. The van der Waals surface area contributed by atoms with E-state index in [1.54, 1.807) is 23.5 Å². The molecule has 2 amide bonds. The highest BCUT2D eigenvalue weighted by Crippen LogP contribution is 2.33. The molecule has 4 aliphatic rings. The van der Waals surface area contributed by atoms with Crippen LogP contribution >= 0.6 is 11.3 Å². The van der Waals surface area contributed by atoms with Crippen LogP contribution in [0.25, 0.3) is 11.3 Å². The second-order valence-corrected chi connectivity index (χ2v) is 12.0. The van der Waals surface area contributed by atoms with E-state index in [9.17, 15) is 19.5 Å². The maximum absolute atomic E-state index is 13.7. The van der Waals surface area contributed by atoms with Crippen molar-refractivity contribution in [2.24, 2.45) is 5.92 Å². The van der Waals surface area contributed by atoms with E-state index >= 15 is 0 Å². The number of carbonyl (C=O) groups is 3. The Balaban J connectivity index is 1.15. The number of aliphatic hydroxyl groups is 1. The van der Waals surface area contributed by atoms with E-state index in [0.29, 0.717) is 5.56 Å². The van der Waals surface area contributed by atoms with Crippen LogP contribution in [-0.2, 0) is 14.3 Å². The van der Waals surface area contributed by atoms with Crippen molar-refractivity contribution in [3.63, 3.8) is 0 Å². The third-order valence-electron chi connectivity index (χ3n) is 8.57. The van der Waals surface area contributed by atoms with Gasteiger partial charge in [0.15, 0.2) is 10.9 Å². The number of benzene rings is 1. The Labute approximate surface area is 231 Å². The molecule has 4 atom stereocenters. The second kappa shape index (κ2) is 11.0. The van der Waals surface area contributed by atoms with Gasteiger partial charge in [-0.3, -0.25) is 14.4 Å². The minimum absolute atomic E-state index is 0.00246. The molecule has 4 heterocycles. The molecule has 3 aliphatic heterocycles. The number of β-amino-alcohol motifs (C(OH)–C–C–N with tert-alkyl or cyclic N) is 1. The highest BCUT2D eigenvalue weighted by Gasteiger charge is 2.53. The van der Waals surface area contributed by atoms with Gasteiger partial charge in [0, 0.05) is 42.7 Å².